The van der Waals surface area contributed by atoms with Crippen molar-refractivity contribution in [2.75, 3.05) is 0 Å². The van der Waals surface area contributed by atoms with Gasteiger partial charge in [-0.15, -0.1) is 0 Å². The summed E-state index contributed by atoms with van der Waals surface area (Å²) in [6.07, 6.45) is 8.73. The molecule has 0 saturated heterocycles. The van der Waals surface area contributed by atoms with E-state index in [1.807, 2.05) is 24.5 Å². The second-order valence-corrected chi connectivity index (χ2v) is 2.27. The van der Waals surface area contributed by atoms with Gasteiger partial charge in [0.1, 0.15) is 0 Å². The Bertz CT molecular complexity index is 311. The third kappa shape index (κ3) is 1.42. The molecule has 4 heteroatoms. The third-order valence-corrected chi connectivity index (χ3v) is 1.43. The molecule has 0 bridgehead atoms. The predicted molar refractivity (Wildman–Crippen MR) is 44.0 cm³/mol. The zero-order valence-electron chi connectivity index (χ0n) is 6.27. The van der Waals surface area contributed by atoms with Crippen LogP contribution >= 0.6 is 0 Å². The van der Waals surface area contributed by atoms with Crippen LogP contribution in [0.15, 0.2) is 29.4 Å². The van der Waals surface area contributed by atoms with Gasteiger partial charge in [0.2, 0.25) is 6.39 Å². The van der Waals surface area contributed by atoms with E-state index in [-0.39, 0.29) is 0 Å². The summed E-state index contributed by atoms with van der Waals surface area (Å²) in [6, 6.07) is 1.95. The number of rotatable bonds is 2. The lowest BCUT2D eigenvalue weighted by Crippen LogP contribution is -1.71. The lowest BCUT2D eigenvalue weighted by atomic mass is 10.3. The lowest BCUT2D eigenvalue weighted by Gasteiger charge is -1.79. The molecule has 0 unspecified atom stereocenters. The highest BCUT2D eigenvalue weighted by atomic mass is 16.5. The summed E-state index contributed by atoms with van der Waals surface area (Å²) in [5.74, 6) is 0.580. The van der Waals surface area contributed by atoms with Crippen LogP contribution in [0, 0.1) is 0 Å². The lowest BCUT2D eigenvalue weighted by molar-refractivity contribution is 0.415. The molecule has 0 atom stereocenters. The number of nitrogens with one attached hydrogen (secondary N) is 1. The molecular weight excluding hydrogens is 154 g/mol. The smallest absolute Gasteiger partial charge is 0.214 e. The first-order valence-electron chi connectivity index (χ1n) is 3.52. The summed E-state index contributed by atoms with van der Waals surface area (Å²) in [7, 11) is 0. The van der Waals surface area contributed by atoms with E-state index in [2.05, 4.69) is 19.6 Å². The number of aromatic amines is 1. The minimum Gasteiger partial charge on any atom is -0.367 e. The van der Waals surface area contributed by atoms with Crippen molar-refractivity contribution in [1.82, 2.24) is 15.1 Å². The van der Waals surface area contributed by atoms with Crippen molar-refractivity contribution in [3.8, 4) is 0 Å². The second kappa shape index (κ2) is 3.04. The molecule has 0 aliphatic rings. The van der Waals surface area contributed by atoms with Crippen LogP contribution in [-0.4, -0.2) is 15.1 Å². The topological polar surface area (TPSA) is 54.7 Å². The van der Waals surface area contributed by atoms with Crippen molar-refractivity contribution < 1.29 is 4.52 Å². The molecule has 2 aromatic rings. The van der Waals surface area contributed by atoms with Gasteiger partial charge in [-0.1, -0.05) is 5.16 Å². The molecule has 0 fully saturated rings. The molecule has 0 saturated carbocycles. The van der Waals surface area contributed by atoms with Crippen LogP contribution < -0.4 is 0 Å². The van der Waals surface area contributed by atoms with Crippen LogP contribution in [0.25, 0.3) is 12.2 Å². The molecule has 1 N–H and O–H groups in total. The molecule has 0 aliphatic carbocycles. The summed E-state index contributed by atoms with van der Waals surface area (Å²) in [4.78, 5) is 6.79. The Hall–Kier alpha value is -1.84. The summed E-state index contributed by atoms with van der Waals surface area (Å²) in [5, 5.41) is 3.63. The Morgan fingerprint density at radius 1 is 1.42 bits per heavy atom. The Morgan fingerprint density at radius 3 is 3.08 bits per heavy atom. The number of aromatic nitrogens is 3. The molecule has 2 rings (SSSR count). The predicted octanol–water partition coefficient (Wildman–Crippen LogP) is 1.57. The highest BCUT2D eigenvalue weighted by Crippen LogP contribution is 2.02. The number of nitrogens with zero attached hydrogens (tertiary/aromatic N) is 2. The van der Waals surface area contributed by atoms with Crippen LogP contribution in [0.4, 0.5) is 0 Å². The second-order valence-electron chi connectivity index (χ2n) is 2.27. The normalized spacial score (nSPS) is 11.0. The Kier molecular flexibility index (Phi) is 1.74. The first-order chi connectivity index (χ1) is 5.95. The maximum atomic E-state index is 4.56. The maximum absolute atomic E-state index is 4.56. The Labute approximate surface area is 68.9 Å². The van der Waals surface area contributed by atoms with Gasteiger partial charge < -0.3 is 9.51 Å². The monoisotopic (exact) mass is 161 g/mol. The Morgan fingerprint density at radius 2 is 2.42 bits per heavy atom. The van der Waals surface area contributed by atoms with Gasteiger partial charge in [0, 0.05) is 12.4 Å². The van der Waals surface area contributed by atoms with Gasteiger partial charge in [-0.3, -0.25) is 0 Å². The van der Waals surface area contributed by atoms with Crippen molar-refractivity contribution in [3.05, 3.63) is 36.2 Å². The molecule has 0 aromatic carbocycles. The summed E-state index contributed by atoms with van der Waals surface area (Å²) in [6.45, 7) is 0. The molecule has 60 valence electrons. The van der Waals surface area contributed by atoms with Crippen molar-refractivity contribution in [1.29, 1.82) is 0 Å². The van der Waals surface area contributed by atoms with Gasteiger partial charge in [0.25, 0.3) is 0 Å². The zero-order valence-corrected chi connectivity index (χ0v) is 6.27. The summed E-state index contributed by atoms with van der Waals surface area (Å²) < 4.78 is 4.56. The Balaban J connectivity index is 2.14. The molecular formula is C8H7N3O. The SMILES string of the molecule is C(=Cc1ncon1)c1cc[nH]c1. The molecule has 0 radical (unpaired) electrons. The standard InChI is InChI=1S/C8H7N3O/c1(7-3-4-9-5-7)2-8-10-6-12-11-8/h1-6,9H. The van der Waals surface area contributed by atoms with E-state index in [1.54, 1.807) is 6.08 Å². The van der Waals surface area contributed by atoms with Crippen LogP contribution in [0.5, 0.6) is 0 Å². The summed E-state index contributed by atoms with van der Waals surface area (Å²) in [5.41, 5.74) is 1.08. The van der Waals surface area contributed by atoms with Crippen molar-refractivity contribution >= 4 is 12.2 Å². The average molecular weight is 161 g/mol. The van der Waals surface area contributed by atoms with Crippen molar-refractivity contribution in [2.45, 2.75) is 0 Å². The zero-order chi connectivity index (χ0) is 8.23. The minimum atomic E-state index is 0.580. The first kappa shape index (κ1) is 6.84. The van der Waals surface area contributed by atoms with Crippen LogP contribution in [0.3, 0.4) is 0 Å². The van der Waals surface area contributed by atoms with Gasteiger partial charge in [0.05, 0.1) is 0 Å². The van der Waals surface area contributed by atoms with Crippen molar-refractivity contribution in [2.24, 2.45) is 0 Å². The fourth-order valence-electron chi connectivity index (χ4n) is 0.863. The maximum Gasteiger partial charge on any atom is 0.214 e. The molecule has 0 spiro atoms. The first-order valence-corrected chi connectivity index (χ1v) is 3.52. The van der Waals surface area contributed by atoms with E-state index in [0.717, 1.165) is 5.56 Å². The number of hydrogen-bond acceptors (Lipinski definition) is 3. The van der Waals surface area contributed by atoms with E-state index in [9.17, 15) is 0 Å². The number of H-pyrrole nitrogens is 1. The van der Waals surface area contributed by atoms with E-state index in [0.29, 0.717) is 5.82 Å². The molecule has 2 heterocycles. The van der Waals surface area contributed by atoms with Crippen LogP contribution in [0.1, 0.15) is 11.4 Å². The fraction of sp³-hybridized carbons (Fsp3) is 0. The van der Waals surface area contributed by atoms with E-state index < -0.39 is 0 Å². The molecule has 0 amide bonds. The van der Waals surface area contributed by atoms with Crippen molar-refractivity contribution in [3.63, 3.8) is 0 Å². The molecule has 0 aliphatic heterocycles. The van der Waals surface area contributed by atoms with E-state index in [4.69, 9.17) is 0 Å². The fourth-order valence-corrected chi connectivity index (χ4v) is 0.863. The van der Waals surface area contributed by atoms with E-state index >= 15 is 0 Å². The van der Waals surface area contributed by atoms with Gasteiger partial charge in [-0.25, -0.2) is 0 Å². The number of hydrogen-bond donors (Lipinski definition) is 1. The van der Waals surface area contributed by atoms with Crippen LogP contribution in [0.2, 0.25) is 0 Å². The van der Waals surface area contributed by atoms with Crippen LogP contribution in [-0.2, 0) is 0 Å². The third-order valence-electron chi connectivity index (χ3n) is 1.43. The largest absolute Gasteiger partial charge is 0.367 e. The van der Waals surface area contributed by atoms with Gasteiger partial charge in [-0.2, -0.15) is 4.98 Å². The van der Waals surface area contributed by atoms with Gasteiger partial charge in [-0.05, 0) is 23.8 Å². The molecule has 12 heavy (non-hydrogen) atoms. The van der Waals surface area contributed by atoms with Gasteiger partial charge in [0.15, 0.2) is 5.82 Å². The highest BCUT2D eigenvalue weighted by molar-refractivity contribution is 5.65. The van der Waals surface area contributed by atoms with Gasteiger partial charge >= 0.3 is 0 Å². The molecule has 2 aromatic heterocycles. The van der Waals surface area contributed by atoms with E-state index in [1.165, 1.54) is 6.39 Å². The average Bonchev–Trinajstić information content (AvgIpc) is 2.74. The summed E-state index contributed by atoms with van der Waals surface area (Å²) >= 11 is 0. The molecule has 4 nitrogen and oxygen atoms in total. The highest BCUT2D eigenvalue weighted by Gasteiger charge is 1.90. The minimum absolute atomic E-state index is 0.580. The quantitative estimate of drug-likeness (QED) is 0.727.